The van der Waals surface area contributed by atoms with E-state index in [4.69, 9.17) is 4.98 Å². The largest absolute Gasteiger partial charge is 0.304 e. The van der Waals surface area contributed by atoms with E-state index in [1.165, 1.54) is 44.1 Å². The number of benzene rings is 1. The molecule has 2 aromatic rings. The number of hydrogen-bond donors (Lipinski definition) is 0. The Morgan fingerprint density at radius 2 is 1.61 bits per heavy atom. The van der Waals surface area contributed by atoms with Crippen molar-refractivity contribution < 1.29 is 20.1 Å². The van der Waals surface area contributed by atoms with Crippen molar-refractivity contribution in [3.63, 3.8) is 0 Å². The predicted octanol–water partition coefficient (Wildman–Crippen LogP) is 5.01. The summed E-state index contributed by atoms with van der Waals surface area (Å²) in [5, 5.41) is 0. The van der Waals surface area contributed by atoms with Gasteiger partial charge in [-0.05, 0) is 73.0 Å². The minimum atomic E-state index is 0. The molecule has 6 rings (SSSR count). The van der Waals surface area contributed by atoms with Crippen molar-refractivity contribution in [2.75, 3.05) is 0 Å². The number of rotatable bonds is 2. The Hall–Kier alpha value is -0.981. The van der Waals surface area contributed by atoms with E-state index in [0.717, 1.165) is 29.0 Å². The van der Waals surface area contributed by atoms with Crippen molar-refractivity contribution in [2.45, 2.75) is 43.9 Å². The van der Waals surface area contributed by atoms with Crippen LogP contribution in [0.15, 0.2) is 42.6 Å². The van der Waals surface area contributed by atoms with Gasteiger partial charge in [0.25, 0.3) is 0 Å². The number of aromatic nitrogens is 1. The van der Waals surface area contributed by atoms with E-state index in [9.17, 15) is 0 Å². The molecule has 0 aliphatic heterocycles. The zero-order chi connectivity index (χ0) is 14.6. The predicted molar refractivity (Wildman–Crippen MR) is 88.4 cm³/mol. The molecule has 0 saturated heterocycles. The van der Waals surface area contributed by atoms with Gasteiger partial charge in [-0.2, -0.15) is 0 Å². The molecule has 1 nitrogen and oxygen atoms in total. The van der Waals surface area contributed by atoms with Gasteiger partial charge in [0, 0.05) is 26.3 Å². The zero-order valence-corrected chi connectivity index (χ0v) is 15.7. The second-order valence-electron chi connectivity index (χ2n) is 7.91. The van der Waals surface area contributed by atoms with Gasteiger partial charge in [0.1, 0.15) is 0 Å². The molecule has 0 unspecified atom stereocenters. The third-order valence-electron chi connectivity index (χ3n) is 6.40. The summed E-state index contributed by atoms with van der Waals surface area (Å²) in [6.45, 7) is 0. The number of pyridine rings is 1. The molecule has 4 aliphatic carbocycles. The van der Waals surface area contributed by atoms with Crippen molar-refractivity contribution in [2.24, 2.45) is 17.8 Å². The first-order chi connectivity index (χ1) is 10.8. The summed E-state index contributed by atoms with van der Waals surface area (Å²) >= 11 is 0. The van der Waals surface area contributed by atoms with Crippen LogP contribution in [0.2, 0.25) is 0 Å². The van der Waals surface area contributed by atoms with Crippen molar-refractivity contribution >= 4 is 0 Å². The van der Waals surface area contributed by atoms with E-state index in [-0.39, 0.29) is 20.1 Å². The molecule has 1 aromatic heterocycles. The van der Waals surface area contributed by atoms with E-state index in [0.29, 0.717) is 5.41 Å². The monoisotopic (exact) mass is 481 g/mol. The smallest absolute Gasteiger partial charge is 0.0198 e. The topological polar surface area (TPSA) is 12.9 Å². The molecule has 4 fully saturated rings. The normalized spacial score (nSPS) is 34.2. The Morgan fingerprint density at radius 3 is 2.13 bits per heavy atom. The summed E-state index contributed by atoms with van der Waals surface area (Å²) < 4.78 is 0. The van der Waals surface area contributed by atoms with Crippen LogP contribution < -0.4 is 0 Å². The van der Waals surface area contributed by atoms with Crippen molar-refractivity contribution in [3.8, 4) is 11.3 Å². The number of hydrogen-bond acceptors (Lipinski definition) is 1. The summed E-state index contributed by atoms with van der Waals surface area (Å²) in [7, 11) is 0. The first kappa shape index (κ1) is 15.5. The first-order valence-corrected chi connectivity index (χ1v) is 8.74. The van der Waals surface area contributed by atoms with Crippen molar-refractivity contribution in [3.05, 3.63) is 54.2 Å². The Balaban J connectivity index is 0.00000135. The van der Waals surface area contributed by atoms with E-state index in [2.05, 4.69) is 36.5 Å². The Labute approximate surface area is 152 Å². The molecule has 0 spiro atoms. The zero-order valence-electron chi connectivity index (χ0n) is 13.3. The van der Waals surface area contributed by atoms with Crippen LogP contribution in [0.25, 0.3) is 11.3 Å². The van der Waals surface area contributed by atoms with Crippen molar-refractivity contribution in [1.29, 1.82) is 0 Å². The van der Waals surface area contributed by atoms with Gasteiger partial charge in [0.05, 0.1) is 0 Å². The van der Waals surface area contributed by atoms with Gasteiger partial charge < -0.3 is 4.98 Å². The quantitative estimate of drug-likeness (QED) is 0.551. The van der Waals surface area contributed by atoms with E-state index in [1.54, 1.807) is 0 Å². The summed E-state index contributed by atoms with van der Waals surface area (Å²) in [5.74, 6) is 2.98. The van der Waals surface area contributed by atoms with Crippen molar-refractivity contribution in [1.82, 2.24) is 4.98 Å². The molecule has 0 amide bonds. The molecule has 4 aliphatic rings. The summed E-state index contributed by atoms with van der Waals surface area (Å²) in [5.41, 5.74) is 4.11. The Bertz CT molecular complexity index is 641. The standard InChI is InChI=1S/C21H22N.Ir/c1-2-4-18(5-3-1)20-7-6-19(14-22-20)21-11-15-8-16(12-21)10-17(9-15)13-21;/h1-4,6-7,14-17H,8-13H2;/q-1;. The second-order valence-corrected chi connectivity index (χ2v) is 7.91. The Kier molecular flexibility index (Phi) is 3.94. The minimum Gasteiger partial charge on any atom is -0.304 e. The van der Waals surface area contributed by atoms with Crippen LogP contribution in [-0.4, -0.2) is 4.98 Å². The van der Waals surface area contributed by atoms with Crippen LogP contribution in [0, 0.1) is 23.8 Å². The minimum absolute atomic E-state index is 0. The molecule has 4 saturated carbocycles. The maximum Gasteiger partial charge on any atom is 0.0198 e. The van der Waals surface area contributed by atoms with Gasteiger partial charge in [-0.25, -0.2) is 0 Å². The molecule has 23 heavy (non-hydrogen) atoms. The van der Waals surface area contributed by atoms with Crippen LogP contribution in [0.3, 0.4) is 0 Å². The van der Waals surface area contributed by atoms with E-state index < -0.39 is 0 Å². The molecule has 121 valence electrons. The van der Waals surface area contributed by atoms with E-state index >= 15 is 0 Å². The van der Waals surface area contributed by atoms with Gasteiger partial charge in [0.2, 0.25) is 0 Å². The summed E-state index contributed by atoms with van der Waals surface area (Å²) in [6, 6.07) is 16.0. The fourth-order valence-corrected chi connectivity index (χ4v) is 5.88. The summed E-state index contributed by atoms with van der Waals surface area (Å²) in [4.78, 5) is 4.77. The fourth-order valence-electron chi connectivity index (χ4n) is 5.88. The van der Waals surface area contributed by atoms with Gasteiger partial charge in [-0.15, -0.1) is 35.9 Å². The van der Waals surface area contributed by atoms with Crippen LogP contribution in [0.4, 0.5) is 0 Å². The first-order valence-electron chi connectivity index (χ1n) is 8.74. The molecule has 1 aromatic carbocycles. The maximum atomic E-state index is 4.77. The van der Waals surface area contributed by atoms with Crippen LogP contribution in [0.1, 0.15) is 44.1 Å². The van der Waals surface area contributed by atoms with Gasteiger partial charge in [0.15, 0.2) is 0 Å². The van der Waals surface area contributed by atoms with Gasteiger partial charge in [-0.3, -0.25) is 0 Å². The molecule has 2 heteroatoms. The average molecular weight is 481 g/mol. The molecule has 0 atom stereocenters. The van der Waals surface area contributed by atoms with Crippen LogP contribution in [0.5, 0.6) is 0 Å². The SMILES string of the molecule is [Ir].[c-]1ccccc1-c1ccc(C23CC4CC(CC(C4)C2)C3)cn1. The second kappa shape index (κ2) is 5.83. The van der Waals surface area contributed by atoms with Crippen LogP contribution >= 0.6 is 0 Å². The molecule has 1 radical (unpaired) electrons. The summed E-state index contributed by atoms with van der Waals surface area (Å²) in [6.07, 6.45) is 10.9. The molecular weight excluding hydrogens is 458 g/mol. The van der Waals surface area contributed by atoms with Gasteiger partial charge in [-0.1, -0.05) is 12.1 Å². The van der Waals surface area contributed by atoms with Crippen LogP contribution in [-0.2, 0) is 25.5 Å². The van der Waals surface area contributed by atoms with Gasteiger partial charge >= 0.3 is 0 Å². The molecule has 0 N–H and O–H groups in total. The average Bonchev–Trinajstić information content (AvgIpc) is 2.55. The maximum absolute atomic E-state index is 4.77. The fraction of sp³-hybridized carbons (Fsp3) is 0.476. The number of nitrogens with zero attached hydrogens (tertiary/aromatic N) is 1. The molecule has 4 bridgehead atoms. The van der Waals surface area contributed by atoms with E-state index in [1.807, 2.05) is 12.1 Å². The Morgan fingerprint density at radius 1 is 0.913 bits per heavy atom. The third kappa shape index (κ3) is 2.61. The molecule has 1 heterocycles. The third-order valence-corrected chi connectivity index (χ3v) is 6.40. The molecular formula is C21H22IrN-.